The first kappa shape index (κ1) is 17.0. The molecule has 0 N–H and O–H groups in total. The van der Waals surface area contributed by atoms with Crippen molar-refractivity contribution in [3.05, 3.63) is 37.9 Å². The molecule has 0 aromatic heterocycles. The molecule has 7 nitrogen and oxygen atoms in total. The molecule has 1 aliphatic rings. The van der Waals surface area contributed by atoms with Crippen molar-refractivity contribution >= 4 is 17.1 Å². The lowest BCUT2D eigenvalue weighted by Crippen LogP contribution is -2.26. The summed E-state index contributed by atoms with van der Waals surface area (Å²) in [6, 6.07) is 0.737. The Hall–Kier alpha value is -2.39. The van der Waals surface area contributed by atoms with Crippen molar-refractivity contribution in [3.8, 4) is 0 Å². The summed E-state index contributed by atoms with van der Waals surface area (Å²) in [6.07, 6.45) is -1.80. The van der Waals surface area contributed by atoms with Gasteiger partial charge in [-0.05, 0) is 12.8 Å². The number of hydrogen-bond donors (Lipinski definition) is 0. The van der Waals surface area contributed by atoms with E-state index in [-0.39, 0.29) is 5.69 Å². The summed E-state index contributed by atoms with van der Waals surface area (Å²) in [5.41, 5.74) is -3.49. The Morgan fingerprint density at radius 2 is 1.35 bits per heavy atom. The number of benzene rings is 1. The standard InChI is InChI=1S/C13H14F3N3O4/c14-13(15,16)9-7-10(18(20)21)12(11(8-9)19(22)23)17-5-3-1-2-4-6-17/h7-8H,1-6H2. The number of alkyl halides is 3. The highest BCUT2D eigenvalue weighted by Gasteiger charge is 2.39. The van der Waals surface area contributed by atoms with E-state index in [4.69, 9.17) is 0 Å². The average molecular weight is 333 g/mol. The zero-order valence-corrected chi connectivity index (χ0v) is 12.0. The molecule has 0 atom stereocenters. The van der Waals surface area contributed by atoms with Gasteiger partial charge in [-0.15, -0.1) is 0 Å². The minimum absolute atomic E-state index is 0.338. The molecular weight excluding hydrogens is 319 g/mol. The maximum atomic E-state index is 12.9. The molecule has 1 fully saturated rings. The van der Waals surface area contributed by atoms with Crippen LogP contribution < -0.4 is 4.90 Å². The molecule has 0 saturated carbocycles. The molecular formula is C13H14F3N3O4. The third-order valence-electron chi connectivity index (χ3n) is 3.71. The Morgan fingerprint density at radius 3 is 1.70 bits per heavy atom. The third-order valence-corrected chi connectivity index (χ3v) is 3.71. The number of halogens is 3. The molecule has 0 radical (unpaired) electrons. The Kier molecular flexibility index (Phi) is 4.71. The summed E-state index contributed by atoms with van der Waals surface area (Å²) in [5.74, 6) is 0. The van der Waals surface area contributed by atoms with Crippen LogP contribution >= 0.6 is 0 Å². The quantitative estimate of drug-likeness (QED) is 0.618. The number of nitro groups is 2. The van der Waals surface area contributed by atoms with Crippen LogP contribution in [0, 0.1) is 20.2 Å². The molecule has 1 saturated heterocycles. The first-order valence-electron chi connectivity index (χ1n) is 7.01. The van der Waals surface area contributed by atoms with E-state index in [2.05, 4.69) is 0 Å². The summed E-state index contributed by atoms with van der Waals surface area (Å²) in [5, 5.41) is 22.4. The van der Waals surface area contributed by atoms with Crippen LogP contribution in [0.25, 0.3) is 0 Å². The van der Waals surface area contributed by atoms with E-state index in [0.717, 1.165) is 12.8 Å². The van der Waals surface area contributed by atoms with E-state index in [1.807, 2.05) is 0 Å². The zero-order valence-electron chi connectivity index (χ0n) is 12.0. The van der Waals surface area contributed by atoms with Gasteiger partial charge in [0.25, 0.3) is 11.4 Å². The topological polar surface area (TPSA) is 89.5 Å². The van der Waals surface area contributed by atoms with Crippen molar-refractivity contribution in [3.63, 3.8) is 0 Å². The fourth-order valence-corrected chi connectivity index (χ4v) is 2.66. The molecule has 0 spiro atoms. The monoisotopic (exact) mass is 333 g/mol. The predicted molar refractivity (Wildman–Crippen MR) is 75.4 cm³/mol. The summed E-state index contributed by atoms with van der Waals surface area (Å²) in [6.45, 7) is 0.681. The second kappa shape index (κ2) is 6.39. The molecule has 10 heteroatoms. The van der Waals surface area contributed by atoms with Crippen LogP contribution in [0.15, 0.2) is 12.1 Å². The Balaban J connectivity index is 2.66. The Bertz CT molecular complexity index is 590. The van der Waals surface area contributed by atoms with Gasteiger partial charge in [0.05, 0.1) is 15.4 Å². The van der Waals surface area contributed by atoms with Gasteiger partial charge in [-0.1, -0.05) is 12.8 Å². The van der Waals surface area contributed by atoms with Crippen molar-refractivity contribution in [1.82, 2.24) is 0 Å². The fourth-order valence-electron chi connectivity index (χ4n) is 2.66. The molecule has 1 aromatic rings. The fraction of sp³-hybridized carbons (Fsp3) is 0.538. The molecule has 126 valence electrons. The summed E-state index contributed by atoms with van der Waals surface area (Å²) in [4.78, 5) is 21.8. The Morgan fingerprint density at radius 1 is 0.913 bits per heavy atom. The van der Waals surface area contributed by atoms with Crippen molar-refractivity contribution in [2.45, 2.75) is 31.9 Å². The van der Waals surface area contributed by atoms with Gasteiger partial charge >= 0.3 is 6.18 Å². The molecule has 0 amide bonds. The zero-order chi connectivity index (χ0) is 17.2. The number of nitro benzene ring substituents is 2. The molecule has 0 aliphatic carbocycles. The van der Waals surface area contributed by atoms with E-state index < -0.39 is 33.0 Å². The van der Waals surface area contributed by atoms with Gasteiger partial charge in [-0.2, -0.15) is 13.2 Å². The van der Waals surface area contributed by atoms with Crippen LogP contribution in [0.3, 0.4) is 0 Å². The average Bonchev–Trinajstić information content (AvgIpc) is 2.73. The summed E-state index contributed by atoms with van der Waals surface area (Å²) >= 11 is 0. The largest absolute Gasteiger partial charge is 0.416 e. The van der Waals surface area contributed by atoms with E-state index in [9.17, 15) is 33.4 Å². The van der Waals surface area contributed by atoms with Crippen LogP contribution in [-0.4, -0.2) is 22.9 Å². The highest BCUT2D eigenvalue weighted by atomic mass is 19.4. The van der Waals surface area contributed by atoms with Gasteiger partial charge < -0.3 is 4.90 Å². The van der Waals surface area contributed by atoms with Gasteiger partial charge in [-0.25, -0.2) is 0 Å². The summed E-state index contributed by atoms with van der Waals surface area (Å²) < 4.78 is 38.6. The number of hydrogen-bond acceptors (Lipinski definition) is 5. The number of rotatable bonds is 3. The van der Waals surface area contributed by atoms with E-state index >= 15 is 0 Å². The Labute approximate surface area is 129 Å². The lowest BCUT2D eigenvalue weighted by Gasteiger charge is -2.22. The van der Waals surface area contributed by atoms with Crippen LogP contribution in [-0.2, 0) is 6.18 Å². The van der Waals surface area contributed by atoms with Gasteiger partial charge in [0, 0.05) is 25.2 Å². The van der Waals surface area contributed by atoms with Crippen LogP contribution in [0.5, 0.6) is 0 Å². The molecule has 1 aliphatic heterocycles. The molecule has 2 rings (SSSR count). The maximum Gasteiger partial charge on any atom is 0.416 e. The second-order valence-electron chi connectivity index (χ2n) is 5.28. The van der Waals surface area contributed by atoms with Crippen LogP contribution in [0.2, 0.25) is 0 Å². The van der Waals surface area contributed by atoms with Gasteiger partial charge in [0.2, 0.25) is 0 Å². The summed E-state index contributed by atoms with van der Waals surface area (Å²) in [7, 11) is 0. The molecule has 1 heterocycles. The van der Waals surface area contributed by atoms with Crippen LogP contribution in [0.1, 0.15) is 31.2 Å². The van der Waals surface area contributed by atoms with E-state index in [1.54, 1.807) is 0 Å². The first-order chi connectivity index (χ1) is 10.7. The molecule has 0 unspecified atom stereocenters. The van der Waals surface area contributed by atoms with Crippen molar-refractivity contribution < 1.29 is 23.0 Å². The maximum absolute atomic E-state index is 12.9. The third kappa shape index (κ3) is 3.69. The lowest BCUT2D eigenvalue weighted by atomic mass is 10.1. The lowest BCUT2D eigenvalue weighted by molar-refractivity contribution is -0.393. The minimum Gasteiger partial charge on any atom is -0.360 e. The van der Waals surface area contributed by atoms with Gasteiger partial charge in [0.15, 0.2) is 5.69 Å². The second-order valence-corrected chi connectivity index (χ2v) is 5.28. The highest BCUT2D eigenvalue weighted by Crippen LogP contribution is 2.43. The van der Waals surface area contributed by atoms with Crippen molar-refractivity contribution in [2.75, 3.05) is 18.0 Å². The van der Waals surface area contributed by atoms with Gasteiger partial charge in [0.1, 0.15) is 0 Å². The van der Waals surface area contributed by atoms with Crippen molar-refractivity contribution in [1.29, 1.82) is 0 Å². The first-order valence-corrected chi connectivity index (χ1v) is 7.01. The van der Waals surface area contributed by atoms with Gasteiger partial charge in [-0.3, -0.25) is 20.2 Å². The molecule has 0 bridgehead atoms. The SMILES string of the molecule is O=[N+]([O-])c1cc(C(F)(F)F)cc([N+](=O)[O-])c1N1CCCCCC1. The number of anilines is 1. The van der Waals surface area contributed by atoms with E-state index in [1.165, 1.54) is 4.90 Å². The molecule has 23 heavy (non-hydrogen) atoms. The number of nitrogens with zero attached hydrogens (tertiary/aromatic N) is 3. The van der Waals surface area contributed by atoms with E-state index in [0.29, 0.717) is 38.1 Å². The predicted octanol–water partition coefficient (Wildman–Crippen LogP) is 3.90. The van der Waals surface area contributed by atoms with Crippen LogP contribution in [0.4, 0.5) is 30.2 Å². The smallest absolute Gasteiger partial charge is 0.360 e. The minimum atomic E-state index is -4.90. The molecule has 1 aromatic carbocycles. The van der Waals surface area contributed by atoms with Crippen molar-refractivity contribution in [2.24, 2.45) is 0 Å². The highest BCUT2D eigenvalue weighted by molar-refractivity contribution is 5.76. The normalized spacial score (nSPS) is 16.0.